The second-order valence-electron chi connectivity index (χ2n) is 8.19. The predicted molar refractivity (Wildman–Crippen MR) is 126 cm³/mol. The number of rotatable bonds is 8. The maximum absolute atomic E-state index is 13.5. The van der Waals surface area contributed by atoms with Crippen molar-refractivity contribution in [2.75, 3.05) is 6.61 Å². The molecule has 2 N–H and O–H groups in total. The molecule has 0 radical (unpaired) electrons. The fourth-order valence-electron chi connectivity index (χ4n) is 4.24. The van der Waals surface area contributed by atoms with E-state index in [0.717, 1.165) is 10.5 Å². The van der Waals surface area contributed by atoms with Gasteiger partial charge in [0, 0.05) is 6.54 Å². The molecule has 1 atom stereocenters. The third-order valence-corrected chi connectivity index (χ3v) is 5.89. The molecule has 9 nitrogen and oxygen atoms in total. The number of aliphatic hydroxyl groups excluding tert-OH is 1. The smallest absolute Gasteiger partial charge is 0.313 e. The van der Waals surface area contributed by atoms with Gasteiger partial charge in [0.25, 0.3) is 11.8 Å². The summed E-state index contributed by atoms with van der Waals surface area (Å²) in [6.07, 6.45) is 1.46. The van der Waals surface area contributed by atoms with E-state index in [9.17, 15) is 24.2 Å². The number of benzene rings is 3. The third-order valence-electron chi connectivity index (χ3n) is 5.89. The summed E-state index contributed by atoms with van der Waals surface area (Å²) in [5, 5.41) is 21.3. The molecule has 5 rings (SSSR count). The van der Waals surface area contributed by atoms with Gasteiger partial charge in [0.1, 0.15) is 28.0 Å². The molecular formula is C26H22FN3O6. The van der Waals surface area contributed by atoms with Gasteiger partial charge < -0.3 is 24.3 Å². The van der Waals surface area contributed by atoms with Crippen LogP contribution in [0.5, 0.6) is 11.5 Å². The molecule has 0 spiro atoms. The lowest BCUT2D eigenvalue weighted by Crippen LogP contribution is -2.29. The summed E-state index contributed by atoms with van der Waals surface area (Å²) in [4.78, 5) is 32.0. The highest BCUT2D eigenvalue weighted by molar-refractivity contribution is 6.26. The van der Waals surface area contributed by atoms with Gasteiger partial charge in [0.05, 0.1) is 19.5 Å². The van der Waals surface area contributed by atoms with Crippen molar-refractivity contribution in [3.63, 3.8) is 0 Å². The SMILES string of the molecule is CCOC(O)Oc1c2c(c(O)c3ncn(Cc4ccccc4)c13)C(=O)N(Cc1ccc(F)cc1)C2=O. The van der Waals surface area contributed by atoms with Gasteiger partial charge in [0.15, 0.2) is 11.5 Å². The van der Waals surface area contributed by atoms with E-state index in [-0.39, 0.29) is 41.1 Å². The van der Waals surface area contributed by atoms with Crippen LogP contribution in [0.2, 0.25) is 0 Å². The minimum Gasteiger partial charge on any atom is -0.505 e. The molecule has 2 amide bonds. The fourth-order valence-corrected chi connectivity index (χ4v) is 4.24. The van der Waals surface area contributed by atoms with E-state index in [0.29, 0.717) is 12.1 Å². The standard InChI is InChI=1S/C26H22FN3O6/c1-2-35-26(34)36-23-19-18(24(32)30(25(19)33)13-16-8-10-17(27)11-9-16)22(31)20-21(23)29(14-28-20)12-15-6-4-3-5-7-15/h3-11,14,26,31,34H,2,12-13H2,1H3. The Morgan fingerprint density at radius 3 is 2.33 bits per heavy atom. The van der Waals surface area contributed by atoms with E-state index in [1.54, 1.807) is 11.5 Å². The van der Waals surface area contributed by atoms with Crippen LogP contribution in [0.15, 0.2) is 60.9 Å². The zero-order valence-electron chi connectivity index (χ0n) is 19.2. The lowest BCUT2D eigenvalue weighted by Gasteiger charge is -2.18. The quantitative estimate of drug-likeness (QED) is 0.287. The normalized spacial score (nSPS) is 13.9. The van der Waals surface area contributed by atoms with Gasteiger partial charge in [-0.3, -0.25) is 14.5 Å². The van der Waals surface area contributed by atoms with Crippen LogP contribution in [0.25, 0.3) is 11.0 Å². The van der Waals surface area contributed by atoms with Crippen molar-refractivity contribution in [2.45, 2.75) is 26.5 Å². The molecule has 0 fully saturated rings. The molecule has 0 saturated carbocycles. The van der Waals surface area contributed by atoms with Crippen molar-refractivity contribution in [3.8, 4) is 11.5 Å². The zero-order chi connectivity index (χ0) is 25.4. The summed E-state index contributed by atoms with van der Waals surface area (Å²) in [5.74, 6) is -2.54. The first-order valence-corrected chi connectivity index (χ1v) is 11.2. The molecular weight excluding hydrogens is 469 g/mol. The molecule has 3 aromatic carbocycles. The minimum absolute atomic E-state index is 0.0353. The number of aromatic hydroxyl groups is 1. The number of fused-ring (bicyclic) bond motifs is 2. The number of carbonyl (C=O) groups is 2. The van der Waals surface area contributed by atoms with Crippen LogP contribution >= 0.6 is 0 Å². The Balaban J connectivity index is 1.65. The van der Waals surface area contributed by atoms with Crippen LogP contribution in [0.3, 0.4) is 0 Å². The number of nitrogens with zero attached hydrogens (tertiary/aromatic N) is 3. The highest BCUT2D eigenvalue weighted by atomic mass is 19.1. The molecule has 2 heterocycles. The maximum Gasteiger partial charge on any atom is 0.313 e. The number of phenols is 1. The van der Waals surface area contributed by atoms with Crippen LogP contribution in [-0.4, -0.2) is 49.6 Å². The molecule has 184 valence electrons. The number of imidazole rings is 1. The van der Waals surface area contributed by atoms with Crippen LogP contribution in [0, 0.1) is 5.82 Å². The van der Waals surface area contributed by atoms with Gasteiger partial charge >= 0.3 is 6.48 Å². The Kier molecular flexibility index (Phi) is 6.13. The second kappa shape index (κ2) is 9.40. The summed E-state index contributed by atoms with van der Waals surface area (Å²) >= 11 is 0. The summed E-state index contributed by atoms with van der Waals surface area (Å²) < 4.78 is 25.7. The number of ether oxygens (including phenoxy) is 2. The first-order valence-electron chi connectivity index (χ1n) is 11.2. The molecule has 0 saturated heterocycles. The Bertz CT molecular complexity index is 1450. The monoisotopic (exact) mass is 491 g/mol. The van der Waals surface area contributed by atoms with Gasteiger partial charge in [0.2, 0.25) is 0 Å². The molecule has 36 heavy (non-hydrogen) atoms. The summed E-state index contributed by atoms with van der Waals surface area (Å²) in [7, 11) is 0. The first kappa shape index (κ1) is 23.5. The Labute approximate surface area is 204 Å². The Hall–Kier alpha value is -4.28. The van der Waals surface area contributed by atoms with Crippen molar-refractivity contribution >= 4 is 22.8 Å². The van der Waals surface area contributed by atoms with Crippen molar-refractivity contribution in [3.05, 3.63) is 89.0 Å². The van der Waals surface area contributed by atoms with E-state index in [2.05, 4.69) is 4.98 Å². The number of hydrogen-bond acceptors (Lipinski definition) is 7. The molecule has 0 bridgehead atoms. The number of halogens is 1. The van der Waals surface area contributed by atoms with Gasteiger partial charge in [-0.15, -0.1) is 0 Å². The van der Waals surface area contributed by atoms with E-state index in [4.69, 9.17) is 9.47 Å². The number of hydrogen-bond donors (Lipinski definition) is 2. The first-order chi connectivity index (χ1) is 17.4. The highest BCUT2D eigenvalue weighted by Crippen LogP contribution is 2.44. The van der Waals surface area contributed by atoms with E-state index >= 15 is 0 Å². The van der Waals surface area contributed by atoms with Gasteiger partial charge in [-0.05, 0) is 30.2 Å². The molecule has 1 aromatic heterocycles. The van der Waals surface area contributed by atoms with Gasteiger partial charge in [-0.1, -0.05) is 42.5 Å². The van der Waals surface area contributed by atoms with Crippen LogP contribution in [0.4, 0.5) is 4.39 Å². The maximum atomic E-state index is 13.5. The van der Waals surface area contributed by atoms with Crippen molar-refractivity contribution in [2.24, 2.45) is 0 Å². The third kappa shape index (κ3) is 4.06. The average Bonchev–Trinajstić information content (AvgIpc) is 3.39. The summed E-state index contributed by atoms with van der Waals surface area (Å²) in [6.45, 7) is 0.208. The summed E-state index contributed by atoms with van der Waals surface area (Å²) in [6, 6.07) is 14.8. The van der Waals surface area contributed by atoms with Crippen molar-refractivity contribution in [1.82, 2.24) is 14.5 Å². The van der Waals surface area contributed by atoms with E-state index in [1.165, 1.54) is 30.6 Å². The second-order valence-corrected chi connectivity index (χ2v) is 8.19. The average molecular weight is 491 g/mol. The number of imide groups is 1. The van der Waals surface area contributed by atoms with E-state index in [1.807, 2.05) is 30.3 Å². The Morgan fingerprint density at radius 1 is 0.972 bits per heavy atom. The highest BCUT2D eigenvalue weighted by Gasteiger charge is 2.43. The topological polar surface area (TPSA) is 114 Å². The molecule has 1 aliphatic rings. The fraction of sp³-hybridized carbons (Fsp3) is 0.192. The van der Waals surface area contributed by atoms with E-state index < -0.39 is 29.9 Å². The number of aliphatic hydroxyl groups is 1. The minimum atomic E-state index is -1.74. The number of carbonyl (C=O) groups excluding carboxylic acids is 2. The van der Waals surface area contributed by atoms with Crippen molar-refractivity contribution < 1.29 is 33.7 Å². The molecule has 0 aliphatic carbocycles. The molecule has 1 unspecified atom stereocenters. The van der Waals surface area contributed by atoms with Crippen LogP contribution in [0.1, 0.15) is 38.8 Å². The number of aromatic nitrogens is 2. The zero-order valence-corrected chi connectivity index (χ0v) is 19.2. The number of phenolic OH excluding ortho intramolecular Hbond substituents is 1. The van der Waals surface area contributed by atoms with Gasteiger partial charge in [-0.2, -0.15) is 0 Å². The summed E-state index contributed by atoms with van der Waals surface area (Å²) in [5.41, 5.74) is 1.19. The van der Waals surface area contributed by atoms with Crippen LogP contribution < -0.4 is 4.74 Å². The van der Waals surface area contributed by atoms with Crippen molar-refractivity contribution in [1.29, 1.82) is 0 Å². The largest absolute Gasteiger partial charge is 0.505 e. The lowest BCUT2D eigenvalue weighted by atomic mass is 10.0. The molecule has 10 heteroatoms. The lowest BCUT2D eigenvalue weighted by molar-refractivity contribution is -0.213. The number of amides is 2. The van der Waals surface area contributed by atoms with Gasteiger partial charge in [-0.25, -0.2) is 9.37 Å². The molecule has 4 aromatic rings. The Morgan fingerprint density at radius 2 is 1.64 bits per heavy atom. The predicted octanol–water partition coefficient (Wildman–Crippen LogP) is 3.42. The van der Waals surface area contributed by atoms with Crippen LogP contribution in [-0.2, 0) is 17.8 Å². The molecule has 1 aliphatic heterocycles.